The molecule has 0 radical (unpaired) electrons. The van der Waals surface area contributed by atoms with Crippen molar-refractivity contribution in [3.05, 3.63) is 29.8 Å². The Balaban J connectivity index is 1.85. The lowest BCUT2D eigenvalue weighted by Crippen LogP contribution is -2.35. The number of ether oxygens (including phenoxy) is 2. The van der Waals surface area contributed by atoms with Crippen LogP contribution in [0.5, 0.6) is 0 Å². The van der Waals surface area contributed by atoms with Crippen LogP contribution in [0.25, 0.3) is 0 Å². The summed E-state index contributed by atoms with van der Waals surface area (Å²) in [6.45, 7) is 1.25. The lowest BCUT2D eigenvalue weighted by molar-refractivity contribution is 0.0600. The predicted octanol–water partition coefficient (Wildman–Crippen LogP) is 1.77. The Morgan fingerprint density at radius 3 is 3.00 bits per heavy atom. The lowest BCUT2D eigenvalue weighted by atomic mass is 10.2. The zero-order chi connectivity index (χ0) is 14.4. The maximum atomic E-state index is 11.7. The Morgan fingerprint density at radius 2 is 2.30 bits per heavy atom. The molecule has 6 nitrogen and oxygen atoms in total. The van der Waals surface area contributed by atoms with Gasteiger partial charge in [0, 0.05) is 18.8 Å². The molecule has 20 heavy (non-hydrogen) atoms. The van der Waals surface area contributed by atoms with Crippen molar-refractivity contribution in [3.63, 3.8) is 0 Å². The summed E-state index contributed by atoms with van der Waals surface area (Å²) in [4.78, 5) is 23.1. The molecule has 0 bridgehead atoms. The summed E-state index contributed by atoms with van der Waals surface area (Å²) in [5.74, 6) is -0.437. The number of rotatable bonds is 4. The van der Waals surface area contributed by atoms with E-state index in [-0.39, 0.29) is 12.1 Å². The van der Waals surface area contributed by atoms with Gasteiger partial charge in [-0.05, 0) is 31.0 Å². The van der Waals surface area contributed by atoms with E-state index in [1.165, 1.54) is 7.11 Å². The standard InChI is InChI=1S/C14H18N2O4/c1-19-13(17)10-4-2-5-11(8-10)16-14(18)15-9-12-6-3-7-20-12/h2,4-5,8,12H,3,6-7,9H2,1H3,(H2,15,16,18). The zero-order valence-electron chi connectivity index (χ0n) is 11.3. The number of hydrogen-bond acceptors (Lipinski definition) is 4. The summed E-state index contributed by atoms with van der Waals surface area (Å²) in [5, 5.41) is 5.42. The van der Waals surface area contributed by atoms with E-state index in [0.29, 0.717) is 17.8 Å². The summed E-state index contributed by atoms with van der Waals surface area (Å²) in [6.07, 6.45) is 2.11. The molecule has 1 aliphatic rings. The van der Waals surface area contributed by atoms with Gasteiger partial charge in [-0.25, -0.2) is 9.59 Å². The molecule has 2 N–H and O–H groups in total. The van der Waals surface area contributed by atoms with Gasteiger partial charge in [-0.2, -0.15) is 0 Å². The molecule has 1 aliphatic heterocycles. The van der Waals surface area contributed by atoms with Crippen LogP contribution in [0.2, 0.25) is 0 Å². The minimum Gasteiger partial charge on any atom is -0.465 e. The molecule has 0 aliphatic carbocycles. The monoisotopic (exact) mass is 278 g/mol. The number of urea groups is 1. The van der Waals surface area contributed by atoms with Crippen molar-refractivity contribution in [3.8, 4) is 0 Å². The van der Waals surface area contributed by atoms with Crippen molar-refractivity contribution in [2.24, 2.45) is 0 Å². The highest BCUT2D eigenvalue weighted by atomic mass is 16.5. The van der Waals surface area contributed by atoms with Gasteiger partial charge in [-0.1, -0.05) is 6.07 Å². The summed E-state index contributed by atoms with van der Waals surface area (Å²) in [5.41, 5.74) is 0.933. The molecular formula is C14H18N2O4. The van der Waals surface area contributed by atoms with Crippen LogP contribution in [0.1, 0.15) is 23.2 Å². The molecule has 1 aromatic rings. The van der Waals surface area contributed by atoms with Gasteiger partial charge in [0.25, 0.3) is 0 Å². The molecule has 0 aromatic heterocycles. The Morgan fingerprint density at radius 1 is 1.45 bits per heavy atom. The third kappa shape index (κ3) is 3.96. The van der Waals surface area contributed by atoms with Gasteiger partial charge in [0.05, 0.1) is 18.8 Å². The number of carbonyl (C=O) groups excluding carboxylic acids is 2. The van der Waals surface area contributed by atoms with E-state index in [9.17, 15) is 9.59 Å². The first-order chi connectivity index (χ1) is 9.69. The number of methoxy groups -OCH3 is 1. The van der Waals surface area contributed by atoms with Gasteiger partial charge in [0.1, 0.15) is 0 Å². The maximum absolute atomic E-state index is 11.7. The zero-order valence-corrected chi connectivity index (χ0v) is 11.3. The highest BCUT2D eigenvalue weighted by Gasteiger charge is 2.16. The van der Waals surface area contributed by atoms with Crippen molar-refractivity contribution in [2.45, 2.75) is 18.9 Å². The van der Waals surface area contributed by atoms with Gasteiger partial charge in [-0.3, -0.25) is 0 Å². The predicted molar refractivity (Wildman–Crippen MR) is 73.8 cm³/mol. The topological polar surface area (TPSA) is 76.7 Å². The summed E-state index contributed by atoms with van der Waals surface area (Å²) in [6, 6.07) is 6.27. The average molecular weight is 278 g/mol. The first-order valence-corrected chi connectivity index (χ1v) is 6.54. The number of anilines is 1. The molecule has 1 aromatic carbocycles. The van der Waals surface area contributed by atoms with Crippen molar-refractivity contribution >= 4 is 17.7 Å². The number of amides is 2. The SMILES string of the molecule is COC(=O)c1cccc(NC(=O)NCC2CCCO2)c1. The quantitative estimate of drug-likeness (QED) is 0.823. The van der Waals surface area contributed by atoms with Crippen LogP contribution >= 0.6 is 0 Å². The Kier molecular flexibility index (Phi) is 4.95. The van der Waals surface area contributed by atoms with Gasteiger partial charge in [-0.15, -0.1) is 0 Å². The number of hydrogen-bond donors (Lipinski definition) is 2. The Bertz CT molecular complexity index is 484. The fourth-order valence-corrected chi connectivity index (χ4v) is 2.03. The van der Waals surface area contributed by atoms with Crippen molar-refractivity contribution in [1.82, 2.24) is 5.32 Å². The molecule has 1 atom stereocenters. The minimum atomic E-state index is -0.437. The van der Waals surface area contributed by atoms with Crippen molar-refractivity contribution in [1.29, 1.82) is 0 Å². The average Bonchev–Trinajstić information content (AvgIpc) is 2.98. The van der Waals surface area contributed by atoms with Gasteiger partial charge >= 0.3 is 12.0 Å². The van der Waals surface area contributed by atoms with Gasteiger partial charge in [0.15, 0.2) is 0 Å². The highest BCUT2D eigenvalue weighted by Crippen LogP contribution is 2.12. The minimum absolute atomic E-state index is 0.0992. The largest absolute Gasteiger partial charge is 0.465 e. The number of nitrogens with one attached hydrogen (secondary N) is 2. The molecule has 2 rings (SSSR count). The lowest BCUT2D eigenvalue weighted by Gasteiger charge is -2.12. The molecule has 6 heteroatoms. The molecule has 1 heterocycles. The summed E-state index contributed by atoms with van der Waals surface area (Å²) in [7, 11) is 1.32. The van der Waals surface area contributed by atoms with Gasteiger partial charge in [0.2, 0.25) is 0 Å². The number of esters is 1. The molecule has 1 fully saturated rings. The second-order valence-corrected chi connectivity index (χ2v) is 4.54. The normalized spacial score (nSPS) is 17.6. The van der Waals surface area contributed by atoms with Crippen LogP contribution in [0.15, 0.2) is 24.3 Å². The smallest absolute Gasteiger partial charge is 0.337 e. The molecule has 1 saturated heterocycles. The van der Waals surface area contributed by atoms with E-state index in [1.54, 1.807) is 24.3 Å². The highest BCUT2D eigenvalue weighted by molar-refractivity contribution is 5.93. The maximum Gasteiger partial charge on any atom is 0.337 e. The molecule has 108 valence electrons. The first-order valence-electron chi connectivity index (χ1n) is 6.54. The molecule has 0 spiro atoms. The first kappa shape index (κ1) is 14.3. The molecule has 1 unspecified atom stereocenters. The van der Waals surface area contributed by atoms with Crippen molar-refractivity contribution < 1.29 is 19.1 Å². The molecular weight excluding hydrogens is 260 g/mol. The van der Waals surface area contributed by atoms with E-state index in [0.717, 1.165) is 19.4 Å². The van der Waals surface area contributed by atoms with Crippen LogP contribution in [-0.4, -0.2) is 38.4 Å². The van der Waals surface area contributed by atoms with Crippen LogP contribution in [0.3, 0.4) is 0 Å². The second-order valence-electron chi connectivity index (χ2n) is 4.54. The van der Waals surface area contributed by atoms with Crippen LogP contribution in [0.4, 0.5) is 10.5 Å². The van der Waals surface area contributed by atoms with Crippen LogP contribution in [-0.2, 0) is 9.47 Å². The Labute approximate surface area is 117 Å². The van der Waals surface area contributed by atoms with E-state index in [2.05, 4.69) is 15.4 Å². The fourth-order valence-electron chi connectivity index (χ4n) is 2.03. The van der Waals surface area contributed by atoms with Gasteiger partial charge < -0.3 is 20.1 Å². The third-order valence-corrected chi connectivity index (χ3v) is 3.06. The van der Waals surface area contributed by atoms with E-state index < -0.39 is 5.97 Å². The Hall–Kier alpha value is -2.08. The fraction of sp³-hybridized carbons (Fsp3) is 0.429. The molecule has 0 saturated carbocycles. The van der Waals surface area contributed by atoms with E-state index >= 15 is 0 Å². The van der Waals surface area contributed by atoms with Crippen molar-refractivity contribution in [2.75, 3.05) is 25.6 Å². The van der Waals surface area contributed by atoms with E-state index in [4.69, 9.17) is 4.74 Å². The van der Waals surface area contributed by atoms with E-state index in [1.807, 2.05) is 0 Å². The number of carbonyl (C=O) groups is 2. The third-order valence-electron chi connectivity index (χ3n) is 3.06. The summed E-state index contributed by atoms with van der Waals surface area (Å²) < 4.78 is 10.0. The van der Waals surface area contributed by atoms with Crippen LogP contribution in [0, 0.1) is 0 Å². The van der Waals surface area contributed by atoms with Crippen LogP contribution < -0.4 is 10.6 Å². The second kappa shape index (κ2) is 6.91. The number of benzene rings is 1. The summed E-state index contributed by atoms with van der Waals surface area (Å²) >= 11 is 0. The molecule has 2 amide bonds.